The van der Waals surface area contributed by atoms with Gasteiger partial charge in [-0.25, -0.2) is 8.78 Å². The molecule has 0 spiro atoms. The molecule has 152 valence electrons. The first-order chi connectivity index (χ1) is 15.0. The lowest BCUT2D eigenvalue weighted by atomic mass is 10.1. The Bertz CT molecular complexity index is 1180. The van der Waals surface area contributed by atoms with Crippen molar-refractivity contribution in [3.63, 3.8) is 0 Å². The van der Waals surface area contributed by atoms with Crippen LogP contribution in [0.5, 0.6) is 5.75 Å². The summed E-state index contributed by atoms with van der Waals surface area (Å²) < 4.78 is 56.1. The number of rotatable bonds is 3. The molecule has 2 atom stereocenters. The van der Waals surface area contributed by atoms with Gasteiger partial charge in [0.2, 0.25) is 5.43 Å². The van der Waals surface area contributed by atoms with Crippen molar-refractivity contribution in [1.29, 1.82) is 0 Å². The molecule has 3 heterocycles. The molecule has 0 unspecified atom stereocenters. The zero-order chi connectivity index (χ0) is 23.4. The maximum atomic E-state index is 13.8. The molecule has 0 radical (unpaired) electrons. The van der Waals surface area contributed by atoms with Crippen LogP contribution >= 0.6 is 0 Å². The van der Waals surface area contributed by atoms with Crippen LogP contribution in [0.3, 0.4) is 0 Å². The second kappa shape index (κ2) is 6.96. The summed E-state index contributed by atoms with van der Waals surface area (Å²) >= 11 is 0. The van der Waals surface area contributed by atoms with E-state index in [0.29, 0.717) is 6.07 Å². The third kappa shape index (κ3) is 3.15. The van der Waals surface area contributed by atoms with E-state index in [1.54, 1.807) is 0 Å². The van der Waals surface area contributed by atoms with E-state index in [1.165, 1.54) is 0 Å². The molecule has 2 aliphatic heterocycles. The fraction of sp³-hybridized carbons (Fsp3) is 0.316. The molecular formula is C19H17F2N3O5. The number of nitrogens with zero attached hydrogens (tertiary/aromatic N) is 2. The summed E-state index contributed by atoms with van der Waals surface area (Å²) in [5.74, 6) is -4.54. The molecule has 8 nitrogen and oxygen atoms in total. The van der Waals surface area contributed by atoms with Crippen LogP contribution < -0.4 is 10.7 Å². The number of amides is 2. The van der Waals surface area contributed by atoms with Crippen molar-refractivity contribution in [3.8, 4) is 5.75 Å². The Morgan fingerprint density at radius 2 is 2.21 bits per heavy atom. The second-order valence-electron chi connectivity index (χ2n) is 6.66. The van der Waals surface area contributed by atoms with Crippen LogP contribution in [-0.4, -0.2) is 45.3 Å². The first-order valence-electron chi connectivity index (χ1n) is 10.1. The summed E-state index contributed by atoms with van der Waals surface area (Å²) in [6, 6.07) is 1.55. The number of aromatic nitrogens is 1. The molecule has 0 aliphatic carbocycles. The maximum absolute atomic E-state index is 13.8. The number of benzene rings is 1. The quantitative estimate of drug-likeness (QED) is 0.788. The molecule has 2 amide bonds. The van der Waals surface area contributed by atoms with Gasteiger partial charge in [-0.1, -0.05) is 6.07 Å². The molecule has 1 aromatic heterocycles. The highest BCUT2D eigenvalue weighted by Crippen LogP contribution is 2.29. The van der Waals surface area contributed by atoms with Crippen molar-refractivity contribution in [2.45, 2.75) is 32.2 Å². The summed E-state index contributed by atoms with van der Waals surface area (Å²) in [7, 11) is 0. The number of fused-ring (bicyclic) bond motifs is 2. The molecule has 2 aromatic rings. The van der Waals surface area contributed by atoms with E-state index in [0.717, 1.165) is 27.8 Å². The van der Waals surface area contributed by atoms with Gasteiger partial charge in [-0.15, -0.1) is 0 Å². The molecule has 10 heteroatoms. The lowest BCUT2D eigenvalue weighted by molar-refractivity contribution is 0.00624. The van der Waals surface area contributed by atoms with Gasteiger partial charge >= 0.3 is 0 Å². The standard InChI is InChI=1S/C19H17F2N3O5/c1-9-8-29-14-7-23-6-12(16(25)17(26)15(23)19(28)24(9)14)18(27)22-5-10-2-3-11(20)4-13(10)21/h2-4,6,9,14,26H,5,7-8H2,1H3,(H,22,27)/t9-,14+/m0/s1/i1D3. The van der Waals surface area contributed by atoms with Crippen LogP contribution in [0.4, 0.5) is 8.78 Å². The lowest BCUT2D eigenvalue weighted by Crippen LogP contribution is -2.49. The van der Waals surface area contributed by atoms with E-state index in [2.05, 4.69) is 5.32 Å². The van der Waals surface area contributed by atoms with Crippen molar-refractivity contribution in [2.75, 3.05) is 6.61 Å². The van der Waals surface area contributed by atoms with E-state index in [1.807, 2.05) is 0 Å². The Kier molecular flexibility index (Phi) is 3.75. The molecule has 2 N–H and O–H groups in total. The van der Waals surface area contributed by atoms with Gasteiger partial charge in [-0.3, -0.25) is 14.4 Å². The van der Waals surface area contributed by atoms with Crippen LogP contribution in [0.25, 0.3) is 0 Å². The highest BCUT2D eigenvalue weighted by atomic mass is 19.1. The predicted molar refractivity (Wildman–Crippen MR) is 95.3 cm³/mol. The Morgan fingerprint density at radius 1 is 1.41 bits per heavy atom. The normalized spacial score (nSPS) is 22.3. The number of carbonyl (C=O) groups is 2. The number of halogens is 2. The summed E-state index contributed by atoms with van der Waals surface area (Å²) in [6.07, 6.45) is 0.0983. The van der Waals surface area contributed by atoms with Gasteiger partial charge in [-0.2, -0.15) is 0 Å². The van der Waals surface area contributed by atoms with Gasteiger partial charge in [0.1, 0.15) is 17.2 Å². The van der Waals surface area contributed by atoms with Gasteiger partial charge in [0.05, 0.1) is 19.2 Å². The summed E-state index contributed by atoms with van der Waals surface area (Å²) in [4.78, 5) is 38.9. The molecule has 29 heavy (non-hydrogen) atoms. The summed E-state index contributed by atoms with van der Waals surface area (Å²) in [5, 5.41) is 12.7. The molecule has 2 aliphatic rings. The van der Waals surface area contributed by atoms with Crippen LogP contribution in [0, 0.1) is 11.6 Å². The minimum absolute atomic E-state index is 0.0251. The first kappa shape index (κ1) is 15.6. The third-order valence-corrected chi connectivity index (χ3v) is 4.84. The molecule has 1 fully saturated rings. The van der Waals surface area contributed by atoms with Gasteiger partial charge < -0.3 is 24.6 Å². The number of ether oxygens (including phenoxy) is 1. The second-order valence-corrected chi connectivity index (χ2v) is 6.66. The van der Waals surface area contributed by atoms with E-state index >= 15 is 0 Å². The minimum atomic E-state index is -2.53. The van der Waals surface area contributed by atoms with Gasteiger partial charge in [0.25, 0.3) is 11.8 Å². The smallest absolute Gasteiger partial charge is 0.276 e. The molecule has 0 saturated carbocycles. The average Bonchev–Trinajstić information content (AvgIpc) is 3.14. The Labute approximate surface area is 167 Å². The highest BCUT2D eigenvalue weighted by Gasteiger charge is 2.42. The molecular weight excluding hydrogens is 388 g/mol. The maximum Gasteiger partial charge on any atom is 0.276 e. The number of hydrogen-bond acceptors (Lipinski definition) is 5. The van der Waals surface area contributed by atoms with E-state index in [-0.39, 0.29) is 25.3 Å². The fourth-order valence-corrected chi connectivity index (χ4v) is 3.38. The van der Waals surface area contributed by atoms with Crippen molar-refractivity contribution in [2.24, 2.45) is 0 Å². The van der Waals surface area contributed by atoms with E-state index in [9.17, 15) is 28.3 Å². The Hall–Kier alpha value is -3.27. The summed E-state index contributed by atoms with van der Waals surface area (Å²) in [6.45, 7) is -3.25. The van der Waals surface area contributed by atoms with Crippen molar-refractivity contribution in [1.82, 2.24) is 14.8 Å². The van der Waals surface area contributed by atoms with Crippen LogP contribution in [-0.2, 0) is 17.8 Å². The van der Waals surface area contributed by atoms with Crippen molar-refractivity contribution in [3.05, 3.63) is 63.1 Å². The number of carbonyl (C=O) groups excluding carboxylic acids is 2. The minimum Gasteiger partial charge on any atom is -0.503 e. The van der Waals surface area contributed by atoms with Gasteiger partial charge in [-0.05, 0) is 12.9 Å². The SMILES string of the molecule is [2H]C([2H])([2H])[C@H]1CO[C@@H]2Cn3cc(C(=O)NCc4ccc(F)cc4F)c(=O)c(O)c3C(=O)N21. The topological polar surface area (TPSA) is 101 Å². The zero-order valence-electron chi connectivity index (χ0n) is 17.8. The molecule has 1 saturated heterocycles. The zero-order valence-corrected chi connectivity index (χ0v) is 14.8. The lowest BCUT2D eigenvalue weighted by Gasteiger charge is -2.33. The third-order valence-electron chi connectivity index (χ3n) is 4.84. The monoisotopic (exact) mass is 408 g/mol. The average molecular weight is 408 g/mol. The van der Waals surface area contributed by atoms with Crippen molar-refractivity contribution < 1.29 is 32.3 Å². The van der Waals surface area contributed by atoms with E-state index in [4.69, 9.17) is 8.85 Å². The molecule has 0 bridgehead atoms. The van der Waals surface area contributed by atoms with Crippen LogP contribution in [0.1, 0.15) is 37.4 Å². The fourth-order valence-electron chi connectivity index (χ4n) is 3.38. The Balaban J connectivity index is 1.63. The van der Waals surface area contributed by atoms with Crippen LogP contribution in [0.15, 0.2) is 29.2 Å². The first-order valence-corrected chi connectivity index (χ1v) is 8.62. The van der Waals surface area contributed by atoms with Gasteiger partial charge in [0, 0.05) is 28.5 Å². The van der Waals surface area contributed by atoms with Crippen molar-refractivity contribution >= 4 is 11.8 Å². The predicted octanol–water partition coefficient (Wildman–Crippen LogP) is 0.963. The number of nitrogens with one attached hydrogen (secondary N) is 1. The largest absolute Gasteiger partial charge is 0.503 e. The number of pyridine rings is 1. The number of aromatic hydroxyl groups is 1. The number of hydrogen-bond donors (Lipinski definition) is 2. The van der Waals surface area contributed by atoms with E-state index < -0.39 is 65.0 Å². The highest BCUT2D eigenvalue weighted by molar-refractivity contribution is 5.99. The van der Waals surface area contributed by atoms with Crippen LogP contribution in [0.2, 0.25) is 0 Å². The molecule has 1 aromatic carbocycles. The summed E-state index contributed by atoms with van der Waals surface area (Å²) in [5.41, 5.74) is -2.14. The molecule has 4 rings (SSSR count). The Morgan fingerprint density at radius 3 is 2.93 bits per heavy atom. The van der Waals surface area contributed by atoms with Gasteiger partial charge in [0.15, 0.2) is 17.7 Å².